The lowest BCUT2D eigenvalue weighted by Crippen LogP contribution is -2.30. The summed E-state index contributed by atoms with van der Waals surface area (Å²) in [6.45, 7) is 2.33. The molecule has 0 aliphatic carbocycles. The van der Waals surface area contributed by atoms with Crippen molar-refractivity contribution in [1.29, 1.82) is 0 Å². The van der Waals surface area contributed by atoms with Crippen LogP contribution in [0, 0.1) is 6.92 Å². The van der Waals surface area contributed by atoms with Crippen molar-refractivity contribution in [3.63, 3.8) is 0 Å². The summed E-state index contributed by atoms with van der Waals surface area (Å²) in [5.41, 5.74) is 1.66. The van der Waals surface area contributed by atoms with E-state index in [-0.39, 0.29) is 6.03 Å². The summed E-state index contributed by atoms with van der Waals surface area (Å²) in [5, 5.41) is 5.89. The van der Waals surface area contributed by atoms with Crippen molar-refractivity contribution in [2.45, 2.75) is 6.92 Å². The first-order chi connectivity index (χ1) is 7.13. The van der Waals surface area contributed by atoms with Crippen LogP contribution in [0.5, 0.6) is 0 Å². The summed E-state index contributed by atoms with van der Waals surface area (Å²) in [6.07, 6.45) is 0. The van der Waals surface area contributed by atoms with Crippen LogP contribution < -0.4 is 10.6 Å². The van der Waals surface area contributed by atoms with Gasteiger partial charge in [0.15, 0.2) is 0 Å². The molecule has 2 N–H and O–H groups in total. The van der Waals surface area contributed by atoms with E-state index in [1.165, 1.54) is 0 Å². The molecule has 82 valence electrons. The van der Waals surface area contributed by atoms with Crippen molar-refractivity contribution in [3.8, 4) is 0 Å². The second-order valence-corrected chi connectivity index (χ2v) is 3.84. The normalized spacial score (nSPS) is 9.80. The lowest BCUT2D eigenvalue weighted by Gasteiger charge is -2.09. The van der Waals surface area contributed by atoms with Gasteiger partial charge in [-0.15, -0.1) is 11.6 Å². The number of rotatable bonds is 3. The molecule has 0 radical (unpaired) electrons. The Morgan fingerprint density at radius 2 is 2.20 bits per heavy atom. The molecule has 1 rings (SSSR count). The highest BCUT2D eigenvalue weighted by Crippen LogP contribution is 2.19. The van der Waals surface area contributed by atoms with Gasteiger partial charge in [-0.2, -0.15) is 0 Å². The van der Waals surface area contributed by atoms with E-state index in [4.69, 9.17) is 23.2 Å². The van der Waals surface area contributed by atoms with Crippen molar-refractivity contribution in [3.05, 3.63) is 28.8 Å². The standard InChI is InChI=1S/C10H12Cl2N2O/c1-7-2-3-8(12)6-9(7)14-10(15)13-5-4-11/h2-3,6H,4-5H2,1H3,(H2,13,14,15). The smallest absolute Gasteiger partial charge is 0.319 e. The van der Waals surface area contributed by atoms with E-state index >= 15 is 0 Å². The molecule has 0 fully saturated rings. The molecule has 0 unspecified atom stereocenters. The zero-order valence-corrected chi connectivity index (χ0v) is 9.82. The number of hydrogen-bond donors (Lipinski definition) is 2. The molecule has 2 amide bonds. The van der Waals surface area contributed by atoms with Gasteiger partial charge < -0.3 is 10.6 Å². The number of aryl methyl sites for hydroxylation is 1. The zero-order valence-electron chi connectivity index (χ0n) is 8.31. The van der Waals surface area contributed by atoms with Gasteiger partial charge in [-0.05, 0) is 24.6 Å². The van der Waals surface area contributed by atoms with E-state index < -0.39 is 0 Å². The Bertz CT molecular complexity index is 355. The maximum Gasteiger partial charge on any atom is 0.319 e. The predicted octanol–water partition coefficient (Wildman–Crippen LogP) is 3.01. The average Bonchev–Trinajstić information content (AvgIpc) is 2.20. The predicted molar refractivity (Wildman–Crippen MR) is 63.9 cm³/mol. The van der Waals surface area contributed by atoms with Gasteiger partial charge in [-0.3, -0.25) is 0 Å². The highest BCUT2D eigenvalue weighted by Gasteiger charge is 2.03. The molecule has 15 heavy (non-hydrogen) atoms. The first-order valence-electron chi connectivity index (χ1n) is 4.50. The Balaban J connectivity index is 2.63. The van der Waals surface area contributed by atoms with Crippen molar-refractivity contribution >= 4 is 34.9 Å². The number of alkyl halides is 1. The zero-order chi connectivity index (χ0) is 11.3. The lowest BCUT2D eigenvalue weighted by molar-refractivity contribution is 0.252. The third kappa shape index (κ3) is 3.98. The molecule has 0 aliphatic rings. The fourth-order valence-electron chi connectivity index (χ4n) is 1.06. The monoisotopic (exact) mass is 246 g/mol. The molecular formula is C10H12Cl2N2O. The molecule has 0 aromatic heterocycles. The quantitative estimate of drug-likeness (QED) is 0.792. The molecule has 5 heteroatoms. The van der Waals surface area contributed by atoms with E-state index in [0.717, 1.165) is 5.56 Å². The highest BCUT2D eigenvalue weighted by molar-refractivity contribution is 6.31. The number of carbonyl (C=O) groups is 1. The molecule has 3 nitrogen and oxygen atoms in total. The Labute approximate surface area is 98.8 Å². The van der Waals surface area contributed by atoms with Crippen LogP contribution in [0.25, 0.3) is 0 Å². The maximum absolute atomic E-state index is 11.3. The van der Waals surface area contributed by atoms with Crippen molar-refractivity contribution < 1.29 is 4.79 Å². The van der Waals surface area contributed by atoms with E-state index in [0.29, 0.717) is 23.1 Å². The van der Waals surface area contributed by atoms with Crippen molar-refractivity contribution in [1.82, 2.24) is 5.32 Å². The van der Waals surface area contributed by atoms with Crippen LogP contribution in [0.4, 0.5) is 10.5 Å². The number of halogens is 2. The van der Waals surface area contributed by atoms with Crippen molar-refractivity contribution in [2.75, 3.05) is 17.7 Å². The average molecular weight is 247 g/mol. The summed E-state index contributed by atoms with van der Waals surface area (Å²) in [4.78, 5) is 11.3. The van der Waals surface area contributed by atoms with E-state index in [9.17, 15) is 4.79 Å². The molecule has 0 bridgehead atoms. The fraction of sp³-hybridized carbons (Fsp3) is 0.300. The Hall–Kier alpha value is -0.930. The van der Waals surface area contributed by atoms with Crippen LogP contribution in [0.15, 0.2) is 18.2 Å². The molecule has 0 saturated carbocycles. The molecule has 0 spiro atoms. The van der Waals surface area contributed by atoms with E-state index in [2.05, 4.69) is 10.6 Å². The molecular weight excluding hydrogens is 235 g/mol. The third-order valence-corrected chi connectivity index (χ3v) is 2.25. The molecule has 1 aromatic rings. The number of urea groups is 1. The second-order valence-electron chi connectivity index (χ2n) is 3.03. The van der Waals surface area contributed by atoms with Gasteiger partial charge in [-0.1, -0.05) is 17.7 Å². The van der Waals surface area contributed by atoms with Crippen LogP contribution in [-0.4, -0.2) is 18.5 Å². The van der Waals surface area contributed by atoms with Gasteiger partial charge >= 0.3 is 6.03 Å². The molecule has 1 aromatic carbocycles. The van der Waals surface area contributed by atoms with Gasteiger partial charge in [0.1, 0.15) is 0 Å². The number of anilines is 1. The van der Waals surface area contributed by atoms with Crippen LogP contribution in [-0.2, 0) is 0 Å². The number of benzene rings is 1. The Morgan fingerprint density at radius 3 is 2.87 bits per heavy atom. The fourth-order valence-corrected chi connectivity index (χ4v) is 1.32. The molecule has 0 heterocycles. The van der Waals surface area contributed by atoms with Crippen LogP contribution in [0.2, 0.25) is 5.02 Å². The van der Waals surface area contributed by atoms with Crippen LogP contribution >= 0.6 is 23.2 Å². The Kier molecular flexibility index (Phi) is 4.72. The summed E-state index contributed by atoms with van der Waals surface area (Å²) in [5.74, 6) is 0.391. The summed E-state index contributed by atoms with van der Waals surface area (Å²) in [6, 6.07) is 5.05. The first kappa shape index (κ1) is 12.1. The summed E-state index contributed by atoms with van der Waals surface area (Å²) >= 11 is 11.3. The maximum atomic E-state index is 11.3. The van der Waals surface area contributed by atoms with Gasteiger partial charge in [0.2, 0.25) is 0 Å². The Morgan fingerprint density at radius 1 is 1.47 bits per heavy atom. The number of nitrogens with one attached hydrogen (secondary N) is 2. The molecule has 0 atom stereocenters. The number of carbonyl (C=O) groups excluding carboxylic acids is 1. The van der Waals surface area contributed by atoms with Gasteiger partial charge in [0.25, 0.3) is 0 Å². The minimum atomic E-state index is -0.277. The topological polar surface area (TPSA) is 41.1 Å². The summed E-state index contributed by atoms with van der Waals surface area (Å²) < 4.78 is 0. The largest absolute Gasteiger partial charge is 0.337 e. The second kappa shape index (κ2) is 5.83. The third-order valence-electron chi connectivity index (χ3n) is 1.83. The minimum absolute atomic E-state index is 0.277. The number of amides is 2. The highest BCUT2D eigenvalue weighted by atomic mass is 35.5. The SMILES string of the molecule is Cc1ccc(Cl)cc1NC(=O)NCCCl. The van der Waals surface area contributed by atoms with Crippen LogP contribution in [0.3, 0.4) is 0 Å². The van der Waals surface area contributed by atoms with Gasteiger partial charge in [0.05, 0.1) is 0 Å². The first-order valence-corrected chi connectivity index (χ1v) is 5.41. The lowest BCUT2D eigenvalue weighted by atomic mass is 10.2. The number of hydrogen-bond acceptors (Lipinski definition) is 1. The van der Waals surface area contributed by atoms with E-state index in [1.54, 1.807) is 12.1 Å². The minimum Gasteiger partial charge on any atom is -0.337 e. The van der Waals surface area contributed by atoms with Gasteiger partial charge in [0, 0.05) is 23.1 Å². The van der Waals surface area contributed by atoms with Crippen molar-refractivity contribution in [2.24, 2.45) is 0 Å². The molecule has 0 aliphatic heterocycles. The summed E-state index contributed by atoms with van der Waals surface area (Å²) in [7, 11) is 0. The molecule has 0 saturated heterocycles. The van der Waals surface area contributed by atoms with E-state index in [1.807, 2.05) is 13.0 Å². The van der Waals surface area contributed by atoms with Crippen LogP contribution in [0.1, 0.15) is 5.56 Å². The van der Waals surface area contributed by atoms with Gasteiger partial charge in [-0.25, -0.2) is 4.79 Å².